The van der Waals surface area contributed by atoms with Gasteiger partial charge in [0, 0.05) is 0 Å². The molecule has 0 bridgehead atoms. The maximum Gasteiger partial charge on any atom is 0.0542 e. The van der Waals surface area contributed by atoms with Crippen LogP contribution in [0.15, 0.2) is 0 Å². The molecule has 1 N–H and O–H groups in total. The van der Waals surface area contributed by atoms with Crippen LogP contribution in [0.25, 0.3) is 0 Å². The van der Waals surface area contributed by atoms with E-state index in [9.17, 15) is 5.11 Å². The average Bonchev–Trinajstić information content (AvgIpc) is 2.30. The molecule has 0 radical (unpaired) electrons. The first-order valence-electron chi connectivity index (χ1n) is 7.97. The Morgan fingerprint density at radius 2 is 1.06 bits per heavy atom. The van der Waals surface area contributed by atoms with Gasteiger partial charge in [-0.2, -0.15) is 0 Å². The van der Waals surface area contributed by atoms with Gasteiger partial charge in [-0.15, -0.1) is 0 Å². The van der Waals surface area contributed by atoms with Crippen LogP contribution in [-0.4, -0.2) is 11.2 Å². The van der Waals surface area contributed by atoms with Gasteiger partial charge >= 0.3 is 0 Å². The van der Waals surface area contributed by atoms with Gasteiger partial charge in [-0.3, -0.25) is 0 Å². The Morgan fingerprint density at radius 1 is 0.647 bits per heavy atom. The van der Waals surface area contributed by atoms with Crippen LogP contribution in [0.1, 0.15) is 90.4 Å². The molecule has 0 unspecified atom stereocenters. The zero-order valence-electron chi connectivity index (χ0n) is 11.8. The quantitative estimate of drug-likeness (QED) is 0.627. The zero-order valence-corrected chi connectivity index (χ0v) is 11.8. The fourth-order valence-corrected chi connectivity index (χ4v) is 2.99. The third-order valence-electron chi connectivity index (χ3n) is 4.16. The summed E-state index contributed by atoms with van der Waals surface area (Å²) in [4.78, 5) is 0. The van der Waals surface area contributed by atoms with Gasteiger partial charge in [-0.25, -0.2) is 0 Å². The Morgan fingerprint density at radius 3 is 1.59 bits per heavy atom. The summed E-state index contributed by atoms with van der Waals surface area (Å²) in [5.74, 6) is 0.718. The van der Waals surface area contributed by atoms with Crippen molar-refractivity contribution in [1.82, 2.24) is 0 Å². The van der Waals surface area contributed by atoms with Crippen LogP contribution in [0.4, 0.5) is 0 Å². The van der Waals surface area contributed by atoms with Crippen molar-refractivity contribution >= 4 is 0 Å². The van der Waals surface area contributed by atoms with Crippen molar-refractivity contribution in [2.24, 2.45) is 5.92 Å². The molecule has 0 aromatic heterocycles. The van der Waals surface area contributed by atoms with E-state index in [2.05, 4.69) is 6.92 Å². The lowest BCUT2D eigenvalue weighted by Crippen LogP contribution is -2.11. The van der Waals surface area contributed by atoms with Crippen molar-refractivity contribution in [3.63, 3.8) is 0 Å². The Labute approximate surface area is 108 Å². The molecule has 1 nitrogen and oxygen atoms in total. The van der Waals surface area contributed by atoms with Crippen LogP contribution in [0.5, 0.6) is 0 Å². The molecule has 0 amide bonds. The van der Waals surface area contributed by atoms with E-state index < -0.39 is 0 Å². The second kappa shape index (κ2) is 9.94. The molecule has 1 aliphatic rings. The summed E-state index contributed by atoms with van der Waals surface area (Å²) in [7, 11) is 0. The lowest BCUT2D eigenvalue weighted by atomic mass is 9.94. The van der Waals surface area contributed by atoms with E-state index in [4.69, 9.17) is 0 Å². The number of aliphatic hydroxyl groups excluding tert-OH is 1. The molecule has 0 aromatic carbocycles. The average molecular weight is 240 g/mol. The summed E-state index contributed by atoms with van der Waals surface area (Å²) in [6.45, 7) is 2.31. The Hall–Kier alpha value is -0.0400. The van der Waals surface area contributed by atoms with Gasteiger partial charge in [0.1, 0.15) is 0 Å². The minimum Gasteiger partial charge on any atom is -0.393 e. The van der Waals surface area contributed by atoms with Crippen molar-refractivity contribution < 1.29 is 5.11 Å². The SMILES string of the molecule is C[C@@H]1CCCCCCCCCCCC[C@H](O)C1. The third-order valence-corrected chi connectivity index (χ3v) is 4.16. The summed E-state index contributed by atoms with van der Waals surface area (Å²) in [5, 5.41) is 9.94. The van der Waals surface area contributed by atoms with Crippen LogP contribution in [0, 0.1) is 5.92 Å². The summed E-state index contributed by atoms with van der Waals surface area (Å²) in [5.41, 5.74) is 0. The van der Waals surface area contributed by atoms with Gasteiger partial charge in [0.25, 0.3) is 0 Å². The highest BCUT2D eigenvalue weighted by Crippen LogP contribution is 2.20. The minimum atomic E-state index is -0.0323. The van der Waals surface area contributed by atoms with Crippen LogP contribution in [0.3, 0.4) is 0 Å². The molecule has 17 heavy (non-hydrogen) atoms. The van der Waals surface area contributed by atoms with Gasteiger partial charge in [-0.1, -0.05) is 77.6 Å². The first kappa shape index (κ1) is 15.0. The zero-order chi connectivity index (χ0) is 12.3. The molecule has 1 heteroatoms. The van der Waals surface area contributed by atoms with Gasteiger partial charge in [0.05, 0.1) is 6.10 Å². The molecular formula is C16H32O. The number of hydrogen-bond acceptors (Lipinski definition) is 1. The Balaban J connectivity index is 2.21. The van der Waals surface area contributed by atoms with E-state index in [0.29, 0.717) is 0 Å². The predicted molar refractivity (Wildman–Crippen MR) is 75.2 cm³/mol. The van der Waals surface area contributed by atoms with Gasteiger partial charge in [-0.05, 0) is 18.8 Å². The topological polar surface area (TPSA) is 20.2 Å². The van der Waals surface area contributed by atoms with Gasteiger partial charge < -0.3 is 5.11 Å². The van der Waals surface area contributed by atoms with Crippen molar-refractivity contribution in [3.05, 3.63) is 0 Å². The van der Waals surface area contributed by atoms with Gasteiger partial charge in [0.2, 0.25) is 0 Å². The highest BCUT2D eigenvalue weighted by molar-refractivity contribution is 4.63. The molecule has 0 saturated heterocycles. The molecule has 0 aliphatic heterocycles. The largest absolute Gasteiger partial charge is 0.393 e. The Kier molecular flexibility index (Phi) is 8.78. The summed E-state index contributed by atoms with van der Waals surface area (Å²) in [6, 6.07) is 0. The van der Waals surface area contributed by atoms with E-state index in [1.54, 1.807) is 0 Å². The molecule has 102 valence electrons. The van der Waals surface area contributed by atoms with Crippen LogP contribution in [-0.2, 0) is 0 Å². The highest BCUT2D eigenvalue weighted by Gasteiger charge is 2.10. The van der Waals surface area contributed by atoms with Crippen LogP contribution in [0.2, 0.25) is 0 Å². The van der Waals surface area contributed by atoms with Crippen molar-refractivity contribution in [1.29, 1.82) is 0 Å². The van der Waals surface area contributed by atoms with E-state index in [0.717, 1.165) is 18.8 Å². The van der Waals surface area contributed by atoms with E-state index >= 15 is 0 Å². The van der Waals surface area contributed by atoms with Crippen molar-refractivity contribution in [3.8, 4) is 0 Å². The van der Waals surface area contributed by atoms with Crippen molar-refractivity contribution in [2.75, 3.05) is 0 Å². The van der Waals surface area contributed by atoms with E-state index in [1.165, 1.54) is 70.6 Å². The summed E-state index contributed by atoms with van der Waals surface area (Å²) >= 11 is 0. The fourth-order valence-electron chi connectivity index (χ4n) is 2.99. The Bertz CT molecular complexity index is 149. The molecule has 0 heterocycles. The molecular weight excluding hydrogens is 208 g/mol. The molecule has 1 rings (SSSR count). The normalized spacial score (nSPS) is 31.4. The second-order valence-corrected chi connectivity index (χ2v) is 6.11. The summed E-state index contributed by atoms with van der Waals surface area (Å²) in [6.07, 6.45) is 17.2. The molecule has 1 fully saturated rings. The van der Waals surface area contributed by atoms with Crippen LogP contribution >= 0.6 is 0 Å². The highest BCUT2D eigenvalue weighted by atomic mass is 16.3. The lowest BCUT2D eigenvalue weighted by molar-refractivity contribution is 0.130. The second-order valence-electron chi connectivity index (χ2n) is 6.11. The third kappa shape index (κ3) is 8.65. The lowest BCUT2D eigenvalue weighted by Gasteiger charge is -2.16. The summed E-state index contributed by atoms with van der Waals surface area (Å²) < 4.78 is 0. The standard InChI is InChI=1S/C16H32O/c1-15-12-10-8-6-4-2-3-5-7-9-11-13-16(17)14-15/h15-17H,2-14H2,1H3/t15-,16+/m1/s1. The number of aliphatic hydroxyl groups is 1. The van der Waals surface area contributed by atoms with Crippen molar-refractivity contribution in [2.45, 2.75) is 96.5 Å². The molecule has 0 spiro atoms. The molecule has 1 aliphatic carbocycles. The number of hydrogen-bond donors (Lipinski definition) is 1. The fraction of sp³-hybridized carbons (Fsp3) is 1.00. The smallest absolute Gasteiger partial charge is 0.0542 e. The monoisotopic (exact) mass is 240 g/mol. The van der Waals surface area contributed by atoms with E-state index in [-0.39, 0.29) is 6.10 Å². The van der Waals surface area contributed by atoms with Gasteiger partial charge in [0.15, 0.2) is 0 Å². The maximum absolute atomic E-state index is 9.94. The minimum absolute atomic E-state index is 0.0323. The first-order valence-corrected chi connectivity index (χ1v) is 7.97. The molecule has 2 atom stereocenters. The first-order chi connectivity index (χ1) is 8.29. The molecule has 1 saturated carbocycles. The van der Waals surface area contributed by atoms with Crippen LogP contribution < -0.4 is 0 Å². The maximum atomic E-state index is 9.94. The predicted octanol–water partition coefficient (Wildman–Crippen LogP) is 5.07. The molecule has 0 aromatic rings. The number of rotatable bonds is 0. The van der Waals surface area contributed by atoms with E-state index in [1.807, 2.05) is 0 Å².